The second kappa shape index (κ2) is 7.28. The molecule has 0 aromatic heterocycles. The quantitative estimate of drug-likeness (QED) is 0.803. The van der Waals surface area contributed by atoms with Crippen LogP contribution >= 0.6 is 0 Å². The summed E-state index contributed by atoms with van der Waals surface area (Å²) in [4.78, 5) is 0. The summed E-state index contributed by atoms with van der Waals surface area (Å²) in [6, 6.07) is 14.7. The topological polar surface area (TPSA) is 21.3 Å². The third-order valence-electron chi connectivity index (χ3n) is 3.58. The molecule has 2 rings (SSSR count). The van der Waals surface area contributed by atoms with Gasteiger partial charge in [-0.25, -0.2) is 0 Å². The van der Waals surface area contributed by atoms with Crippen LogP contribution in [0.25, 0.3) is 0 Å². The average molecular weight is 283 g/mol. The Morgan fingerprint density at radius 1 is 1.10 bits per heavy atom. The highest BCUT2D eigenvalue weighted by atomic mass is 16.5. The molecule has 0 aliphatic heterocycles. The molecule has 0 aliphatic rings. The first-order valence-electron chi connectivity index (χ1n) is 7.68. The number of nitrogens with one attached hydrogen (secondary N) is 1. The zero-order valence-corrected chi connectivity index (χ0v) is 13.4. The Hall–Kier alpha value is -1.80. The lowest BCUT2D eigenvalue weighted by Gasteiger charge is -2.13. The summed E-state index contributed by atoms with van der Waals surface area (Å²) in [5.74, 6) is 2.35. The Morgan fingerprint density at radius 3 is 2.62 bits per heavy atom. The maximum Gasteiger partial charge on any atom is 0.130 e. The van der Waals surface area contributed by atoms with Gasteiger partial charge in [0.05, 0.1) is 0 Å². The van der Waals surface area contributed by atoms with E-state index < -0.39 is 0 Å². The third kappa shape index (κ3) is 4.33. The van der Waals surface area contributed by atoms with Gasteiger partial charge in [-0.1, -0.05) is 45.0 Å². The fraction of sp³-hybridized carbons (Fsp3) is 0.368. The molecule has 0 spiro atoms. The molecule has 2 aromatic rings. The van der Waals surface area contributed by atoms with E-state index in [4.69, 9.17) is 4.74 Å². The predicted molar refractivity (Wildman–Crippen MR) is 89.2 cm³/mol. The average Bonchev–Trinajstić information content (AvgIpc) is 2.48. The maximum atomic E-state index is 6.09. The van der Waals surface area contributed by atoms with Gasteiger partial charge in [0.1, 0.15) is 11.5 Å². The number of benzene rings is 2. The van der Waals surface area contributed by atoms with Crippen molar-refractivity contribution in [2.75, 3.05) is 6.54 Å². The first-order chi connectivity index (χ1) is 10.1. The summed E-state index contributed by atoms with van der Waals surface area (Å²) in [6.45, 7) is 10.4. The SMILES string of the molecule is CCNCc1ccc(C)c(Oc2cccc(C(C)C)c2)c1. The molecule has 112 valence electrons. The van der Waals surface area contributed by atoms with Gasteiger partial charge in [0.25, 0.3) is 0 Å². The van der Waals surface area contributed by atoms with Crippen molar-refractivity contribution < 1.29 is 4.74 Å². The minimum absolute atomic E-state index is 0.509. The van der Waals surface area contributed by atoms with Gasteiger partial charge in [0.2, 0.25) is 0 Å². The van der Waals surface area contributed by atoms with Crippen molar-refractivity contribution in [1.29, 1.82) is 0 Å². The molecule has 0 heterocycles. The molecule has 0 radical (unpaired) electrons. The maximum absolute atomic E-state index is 6.09. The monoisotopic (exact) mass is 283 g/mol. The smallest absolute Gasteiger partial charge is 0.130 e. The van der Waals surface area contributed by atoms with Gasteiger partial charge in [-0.05, 0) is 54.3 Å². The van der Waals surface area contributed by atoms with E-state index in [1.54, 1.807) is 0 Å². The van der Waals surface area contributed by atoms with E-state index >= 15 is 0 Å². The van der Waals surface area contributed by atoms with Crippen LogP contribution in [0.2, 0.25) is 0 Å². The summed E-state index contributed by atoms with van der Waals surface area (Å²) >= 11 is 0. The number of ether oxygens (including phenoxy) is 1. The Bertz CT molecular complexity index is 590. The van der Waals surface area contributed by atoms with Gasteiger partial charge in [-0.15, -0.1) is 0 Å². The molecule has 2 heteroatoms. The van der Waals surface area contributed by atoms with Crippen molar-refractivity contribution in [2.24, 2.45) is 0 Å². The van der Waals surface area contributed by atoms with Gasteiger partial charge < -0.3 is 10.1 Å². The standard InChI is InChI=1S/C19H25NO/c1-5-20-13-16-10-9-15(4)19(11-16)21-18-8-6-7-17(12-18)14(2)3/h6-12,14,20H,5,13H2,1-4H3. The van der Waals surface area contributed by atoms with E-state index in [0.717, 1.165) is 30.2 Å². The molecule has 21 heavy (non-hydrogen) atoms. The molecule has 2 nitrogen and oxygen atoms in total. The predicted octanol–water partition coefficient (Wildman–Crippen LogP) is 5.02. The first-order valence-corrected chi connectivity index (χ1v) is 7.68. The molecule has 0 fully saturated rings. The van der Waals surface area contributed by atoms with Crippen molar-refractivity contribution in [1.82, 2.24) is 5.32 Å². The molecular formula is C19H25NO. The molecule has 0 atom stereocenters. The van der Waals surface area contributed by atoms with Crippen molar-refractivity contribution in [3.8, 4) is 11.5 Å². The molecule has 0 saturated heterocycles. The molecule has 0 saturated carbocycles. The van der Waals surface area contributed by atoms with Crippen LogP contribution in [0.5, 0.6) is 11.5 Å². The second-order valence-electron chi connectivity index (χ2n) is 5.71. The van der Waals surface area contributed by atoms with Gasteiger partial charge in [-0.2, -0.15) is 0 Å². The van der Waals surface area contributed by atoms with Crippen LogP contribution in [-0.4, -0.2) is 6.54 Å². The number of hydrogen-bond acceptors (Lipinski definition) is 2. The summed E-state index contributed by atoms with van der Waals surface area (Å²) in [5, 5.41) is 3.34. The fourth-order valence-corrected chi connectivity index (χ4v) is 2.20. The lowest BCUT2D eigenvalue weighted by Crippen LogP contribution is -2.11. The Kier molecular flexibility index (Phi) is 5.40. The van der Waals surface area contributed by atoms with Crippen molar-refractivity contribution in [2.45, 2.75) is 40.2 Å². The largest absolute Gasteiger partial charge is 0.457 e. The Labute approximate surface area is 128 Å². The Morgan fingerprint density at radius 2 is 1.90 bits per heavy atom. The number of rotatable bonds is 6. The van der Waals surface area contributed by atoms with Crippen LogP contribution in [0.15, 0.2) is 42.5 Å². The zero-order valence-electron chi connectivity index (χ0n) is 13.4. The van der Waals surface area contributed by atoms with E-state index in [9.17, 15) is 0 Å². The highest BCUT2D eigenvalue weighted by molar-refractivity contribution is 5.41. The van der Waals surface area contributed by atoms with Crippen LogP contribution in [0.4, 0.5) is 0 Å². The molecule has 2 aromatic carbocycles. The molecule has 0 amide bonds. The van der Waals surface area contributed by atoms with Gasteiger partial charge in [0, 0.05) is 6.54 Å². The highest BCUT2D eigenvalue weighted by Gasteiger charge is 2.05. The number of hydrogen-bond donors (Lipinski definition) is 1. The fourth-order valence-electron chi connectivity index (χ4n) is 2.20. The van der Waals surface area contributed by atoms with E-state index in [2.05, 4.69) is 69.4 Å². The summed E-state index contributed by atoms with van der Waals surface area (Å²) in [6.07, 6.45) is 0. The normalized spacial score (nSPS) is 10.9. The van der Waals surface area contributed by atoms with E-state index in [0.29, 0.717) is 5.92 Å². The molecule has 0 aliphatic carbocycles. The van der Waals surface area contributed by atoms with E-state index in [1.807, 2.05) is 6.07 Å². The summed E-state index contributed by atoms with van der Waals surface area (Å²) < 4.78 is 6.09. The van der Waals surface area contributed by atoms with Gasteiger partial charge >= 0.3 is 0 Å². The van der Waals surface area contributed by atoms with Crippen molar-refractivity contribution in [3.63, 3.8) is 0 Å². The molecule has 1 N–H and O–H groups in total. The third-order valence-corrected chi connectivity index (χ3v) is 3.58. The summed E-state index contributed by atoms with van der Waals surface area (Å²) in [7, 11) is 0. The molecular weight excluding hydrogens is 258 g/mol. The first kappa shape index (κ1) is 15.6. The number of aryl methyl sites for hydroxylation is 1. The van der Waals surface area contributed by atoms with Gasteiger partial charge in [-0.3, -0.25) is 0 Å². The summed E-state index contributed by atoms with van der Waals surface area (Å²) in [5.41, 5.74) is 3.71. The zero-order chi connectivity index (χ0) is 15.2. The van der Waals surface area contributed by atoms with E-state index in [1.165, 1.54) is 11.1 Å². The van der Waals surface area contributed by atoms with Crippen LogP contribution < -0.4 is 10.1 Å². The second-order valence-corrected chi connectivity index (χ2v) is 5.71. The lowest BCUT2D eigenvalue weighted by atomic mass is 10.0. The van der Waals surface area contributed by atoms with Crippen molar-refractivity contribution >= 4 is 0 Å². The minimum atomic E-state index is 0.509. The van der Waals surface area contributed by atoms with Crippen LogP contribution in [-0.2, 0) is 6.54 Å². The lowest BCUT2D eigenvalue weighted by molar-refractivity contribution is 0.476. The highest BCUT2D eigenvalue weighted by Crippen LogP contribution is 2.28. The van der Waals surface area contributed by atoms with Gasteiger partial charge in [0.15, 0.2) is 0 Å². The van der Waals surface area contributed by atoms with Crippen LogP contribution in [0.3, 0.4) is 0 Å². The molecule has 0 unspecified atom stereocenters. The van der Waals surface area contributed by atoms with E-state index in [-0.39, 0.29) is 0 Å². The Balaban J connectivity index is 2.20. The van der Waals surface area contributed by atoms with Crippen molar-refractivity contribution in [3.05, 3.63) is 59.2 Å². The van der Waals surface area contributed by atoms with Crippen LogP contribution in [0.1, 0.15) is 43.4 Å². The molecule has 0 bridgehead atoms. The van der Waals surface area contributed by atoms with Crippen LogP contribution in [0, 0.1) is 6.92 Å². The minimum Gasteiger partial charge on any atom is -0.457 e.